The highest BCUT2D eigenvalue weighted by molar-refractivity contribution is 8.00. The fourth-order valence-electron chi connectivity index (χ4n) is 2.86. The molecule has 1 aliphatic heterocycles. The summed E-state index contributed by atoms with van der Waals surface area (Å²) < 4.78 is 5.43. The predicted molar refractivity (Wildman–Crippen MR) is 111 cm³/mol. The van der Waals surface area contributed by atoms with Gasteiger partial charge in [0, 0.05) is 34.3 Å². The van der Waals surface area contributed by atoms with Crippen molar-refractivity contribution in [3.8, 4) is 0 Å². The van der Waals surface area contributed by atoms with E-state index in [1.165, 1.54) is 4.90 Å². The zero-order valence-electron chi connectivity index (χ0n) is 17.1. The van der Waals surface area contributed by atoms with E-state index in [-0.39, 0.29) is 22.7 Å². The number of rotatable bonds is 5. The first-order valence-corrected chi connectivity index (χ1v) is 10.5. The number of nitrogens with one attached hydrogen (secondary N) is 1. The number of anilines is 1. The molecule has 0 saturated carbocycles. The summed E-state index contributed by atoms with van der Waals surface area (Å²) in [4.78, 5) is 27.4. The second-order valence-corrected chi connectivity index (χ2v) is 10.4. The van der Waals surface area contributed by atoms with Crippen LogP contribution in [0, 0.1) is 11.8 Å². The highest BCUT2D eigenvalue weighted by Crippen LogP contribution is 2.32. The van der Waals surface area contributed by atoms with Gasteiger partial charge in [-0.1, -0.05) is 34.6 Å². The van der Waals surface area contributed by atoms with Crippen molar-refractivity contribution in [2.24, 2.45) is 11.8 Å². The van der Waals surface area contributed by atoms with Gasteiger partial charge in [-0.15, -0.1) is 11.8 Å². The molecule has 6 heteroatoms. The van der Waals surface area contributed by atoms with Crippen LogP contribution in [0.25, 0.3) is 0 Å². The van der Waals surface area contributed by atoms with Crippen molar-refractivity contribution in [3.63, 3.8) is 0 Å². The molecule has 1 aliphatic rings. The molecular formula is C21H32N2O3S. The summed E-state index contributed by atoms with van der Waals surface area (Å²) >= 11 is 1.80. The lowest BCUT2D eigenvalue weighted by atomic mass is 9.96. The number of carbonyl (C=O) groups excluding carboxylic acids is 2. The Morgan fingerprint density at radius 1 is 1.19 bits per heavy atom. The van der Waals surface area contributed by atoms with Crippen LogP contribution >= 0.6 is 11.8 Å². The minimum atomic E-state index is -0.269. The van der Waals surface area contributed by atoms with E-state index in [9.17, 15) is 9.59 Å². The van der Waals surface area contributed by atoms with Crippen LogP contribution in [0.2, 0.25) is 0 Å². The predicted octanol–water partition coefficient (Wildman–Crippen LogP) is 5.02. The molecular weight excluding hydrogens is 360 g/mol. The number of benzene rings is 1. The largest absolute Gasteiger partial charge is 0.449 e. The normalized spacial score (nSPS) is 15.7. The van der Waals surface area contributed by atoms with Crippen molar-refractivity contribution in [2.75, 3.05) is 25.0 Å². The lowest BCUT2D eigenvalue weighted by Crippen LogP contribution is -2.42. The summed E-state index contributed by atoms with van der Waals surface area (Å²) in [6.07, 6.45) is 1.07. The van der Waals surface area contributed by atoms with Gasteiger partial charge in [0.2, 0.25) is 5.91 Å². The summed E-state index contributed by atoms with van der Waals surface area (Å²) in [5, 5.41) is 3.00. The summed E-state index contributed by atoms with van der Waals surface area (Å²) in [5.74, 6) is 0.287. The van der Waals surface area contributed by atoms with Gasteiger partial charge in [-0.2, -0.15) is 0 Å². The molecule has 1 saturated heterocycles. The molecule has 1 heterocycles. The van der Waals surface area contributed by atoms with E-state index in [1.807, 2.05) is 38.1 Å². The first-order chi connectivity index (χ1) is 12.6. The Hall–Kier alpha value is -1.69. The average molecular weight is 393 g/mol. The van der Waals surface area contributed by atoms with Gasteiger partial charge in [0.15, 0.2) is 0 Å². The van der Waals surface area contributed by atoms with Gasteiger partial charge in [0.25, 0.3) is 0 Å². The molecule has 0 bridgehead atoms. The molecule has 1 aromatic carbocycles. The van der Waals surface area contributed by atoms with Gasteiger partial charge in [-0.25, -0.2) is 4.79 Å². The molecule has 0 aliphatic carbocycles. The third-order valence-corrected chi connectivity index (χ3v) is 5.33. The van der Waals surface area contributed by atoms with E-state index in [0.29, 0.717) is 38.5 Å². The first kappa shape index (κ1) is 21.6. The fourth-order valence-corrected chi connectivity index (χ4v) is 3.84. The Bertz CT molecular complexity index is 630. The molecule has 5 nitrogen and oxygen atoms in total. The molecule has 27 heavy (non-hydrogen) atoms. The van der Waals surface area contributed by atoms with Crippen LogP contribution in [0.15, 0.2) is 29.2 Å². The Morgan fingerprint density at radius 3 is 2.30 bits per heavy atom. The smallest absolute Gasteiger partial charge is 0.409 e. The molecule has 0 spiro atoms. The molecule has 1 fully saturated rings. The number of ether oxygens (including phenoxy) is 1. The number of hydrogen-bond donors (Lipinski definition) is 1. The minimum absolute atomic E-state index is 0.0291. The lowest BCUT2D eigenvalue weighted by molar-refractivity contribution is -0.121. The molecule has 2 rings (SSSR count). The number of hydrogen-bond acceptors (Lipinski definition) is 4. The molecule has 2 amide bonds. The monoisotopic (exact) mass is 392 g/mol. The van der Waals surface area contributed by atoms with E-state index >= 15 is 0 Å². The van der Waals surface area contributed by atoms with E-state index < -0.39 is 0 Å². The first-order valence-electron chi connectivity index (χ1n) is 9.65. The van der Waals surface area contributed by atoms with Crippen molar-refractivity contribution >= 4 is 29.4 Å². The molecule has 0 unspecified atom stereocenters. The standard InChI is InChI=1S/C21H32N2O3S/c1-15(2)14-26-20(25)23-12-10-16(11-13-23)19(24)22-17-6-8-18(9-7-17)27-21(3,4)5/h6-9,15-16H,10-14H2,1-5H3,(H,22,24). The minimum Gasteiger partial charge on any atom is -0.449 e. The quantitative estimate of drug-likeness (QED) is 0.715. The average Bonchev–Trinajstić information content (AvgIpc) is 2.60. The number of carbonyl (C=O) groups is 2. The van der Waals surface area contributed by atoms with Gasteiger partial charge < -0.3 is 15.0 Å². The molecule has 0 radical (unpaired) electrons. The third-order valence-electron chi connectivity index (χ3n) is 4.21. The zero-order valence-corrected chi connectivity index (χ0v) is 17.9. The number of likely N-dealkylation sites (tertiary alicyclic amines) is 1. The van der Waals surface area contributed by atoms with Gasteiger partial charge >= 0.3 is 6.09 Å². The van der Waals surface area contributed by atoms with Crippen LogP contribution in [-0.2, 0) is 9.53 Å². The van der Waals surface area contributed by atoms with E-state index in [0.717, 1.165) is 5.69 Å². The summed E-state index contributed by atoms with van der Waals surface area (Å²) in [5.41, 5.74) is 0.817. The van der Waals surface area contributed by atoms with Crippen molar-refractivity contribution in [1.29, 1.82) is 0 Å². The van der Waals surface area contributed by atoms with Crippen molar-refractivity contribution in [1.82, 2.24) is 4.90 Å². The summed E-state index contributed by atoms with van der Waals surface area (Å²) in [7, 11) is 0. The highest BCUT2D eigenvalue weighted by Gasteiger charge is 2.28. The van der Waals surface area contributed by atoms with E-state index in [2.05, 4.69) is 26.1 Å². The fraction of sp³-hybridized carbons (Fsp3) is 0.619. The van der Waals surface area contributed by atoms with Crippen molar-refractivity contribution < 1.29 is 14.3 Å². The summed E-state index contributed by atoms with van der Waals surface area (Å²) in [6.45, 7) is 12.1. The summed E-state index contributed by atoms with van der Waals surface area (Å²) in [6, 6.07) is 7.98. The topological polar surface area (TPSA) is 58.6 Å². The second kappa shape index (κ2) is 9.49. The van der Waals surface area contributed by atoms with Crippen LogP contribution < -0.4 is 5.32 Å². The Morgan fingerprint density at radius 2 is 1.78 bits per heavy atom. The van der Waals surface area contributed by atoms with Gasteiger partial charge in [-0.3, -0.25) is 4.79 Å². The van der Waals surface area contributed by atoms with Crippen molar-refractivity contribution in [3.05, 3.63) is 24.3 Å². The lowest BCUT2D eigenvalue weighted by Gasteiger charge is -2.30. The van der Waals surface area contributed by atoms with Crippen LogP contribution in [-0.4, -0.2) is 41.3 Å². The molecule has 0 aromatic heterocycles. The molecule has 1 N–H and O–H groups in total. The van der Waals surface area contributed by atoms with Crippen molar-refractivity contribution in [2.45, 2.75) is 57.1 Å². The van der Waals surface area contributed by atoms with Gasteiger partial charge in [-0.05, 0) is 43.0 Å². The SMILES string of the molecule is CC(C)COC(=O)N1CCC(C(=O)Nc2ccc(SC(C)(C)C)cc2)CC1. The van der Waals surface area contributed by atoms with Crippen LogP contribution in [0.1, 0.15) is 47.5 Å². The Kier molecular flexibility index (Phi) is 7.59. The molecule has 150 valence electrons. The number of nitrogens with zero attached hydrogens (tertiary/aromatic N) is 1. The maximum Gasteiger partial charge on any atom is 0.409 e. The maximum atomic E-state index is 12.5. The van der Waals surface area contributed by atoms with Crippen LogP contribution in [0.4, 0.5) is 10.5 Å². The Labute approximate surface area is 167 Å². The zero-order chi connectivity index (χ0) is 20.0. The second-order valence-electron chi connectivity index (χ2n) is 8.46. The van der Waals surface area contributed by atoms with E-state index in [4.69, 9.17) is 4.74 Å². The number of piperidine rings is 1. The third kappa shape index (κ3) is 7.45. The molecule has 0 atom stereocenters. The maximum absolute atomic E-state index is 12.5. The van der Waals surface area contributed by atoms with Gasteiger partial charge in [0.05, 0.1) is 6.61 Å². The van der Waals surface area contributed by atoms with Gasteiger partial charge in [0.1, 0.15) is 0 Å². The highest BCUT2D eigenvalue weighted by atomic mass is 32.2. The number of thioether (sulfide) groups is 1. The number of amides is 2. The van der Waals surface area contributed by atoms with Crippen LogP contribution in [0.5, 0.6) is 0 Å². The van der Waals surface area contributed by atoms with Crippen LogP contribution in [0.3, 0.4) is 0 Å². The van der Waals surface area contributed by atoms with E-state index in [1.54, 1.807) is 16.7 Å². The molecule has 1 aromatic rings. The Balaban J connectivity index is 1.80.